The van der Waals surface area contributed by atoms with Crippen molar-refractivity contribution in [3.05, 3.63) is 48.0 Å². The van der Waals surface area contributed by atoms with Gasteiger partial charge in [-0.15, -0.1) is 11.8 Å². The Balaban J connectivity index is 1.58. The Kier molecular flexibility index (Phi) is 5.88. The first-order valence-corrected chi connectivity index (χ1v) is 10.6. The molecule has 0 radical (unpaired) electrons. The van der Waals surface area contributed by atoms with E-state index >= 15 is 0 Å². The van der Waals surface area contributed by atoms with Crippen LogP contribution in [0.25, 0.3) is 0 Å². The quantitative estimate of drug-likeness (QED) is 0.617. The molecule has 1 heterocycles. The first kappa shape index (κ1) is 18.1. The van der Waals surface area contributed by atoms with Crippen molar-refractivity contribution in [3.63, 3.8) is 0 Å². The maximum absolute atomic E-state index is 12.4. The molecule has 1 aliphatic rings. The molecule has 0 aliphatic carbocycles. The highest BCUT2D eigenvalue weighted by Gasteiger charge is 2.18. The second-order valence-corrected chi connectivity index (χ2v) is 8.65. The van der Waals surface area contributed by atoms with Crippen LogP contribution in [0.3, 0.4) is 0 Å². The molecular weight excluding hydrogens is 358 g/mol. The molecule has 0 saturated heterocycles. The van der Waals surface area contributed by atoms with Crippen molar-refractivity contribution in [2.45, 2.75) is 23.1 Å². The van der Waals surface area contributed by atoms with E-state index in [2.05, 4.69) is 4.72 Å². The van der Waals surface area contributed by atoms with Gasteiger partial charge in [0.25, 0.3) is 0 Å². The van der Waals surface area contributed by atoms with Gasteiger partial charge in [0.15, 0.2) is 11.5 Å². The number of aryl methyl sites for hydroxylation is 1. The summed E-state index contributed by atoms with van der Waals surface area (Å²) in [6.45, 7) is 3.50. The lowest BCUT2D eigenvalue weighted by Crippen LogP contribution is -2.26. The molecule has 134 valence electrons. The molecule has 0 unspecified atom stereocenters. The maximum Gasteiger partial charge on any atom is 0.240 e. The summed E-state index contributed by atoms with van der Waals surface area (Å²) in [4.78, 5) is 1.32. The highest BCUT2D eigenvalue weighted by Crippen LogP contribution is 2.31. The van der Waals surface area contributed by atoms with Crippen LogP contribution < -0.4 is 14.2 Å². The number of hydrogen-bond acceptors (Lipinski definition) is 5. The second kappa shape index (κ2) is 8.12. The fourth-order valence-electron chi connectivity index (χ4n) is 2.37. The Bertz CT molecular complexity index is 819. The van der Waals surface area contributed by atoms with Crippen molar-refractivity contribution in [3.8, 4) is 11.5 Å². The summed E-state index contributed by atoms with van der Waals surface area (Å²) in [6, 6.07) is 12.9. The molecule has 0 bridgehead atoms. The lowest BCUT2D eigenvalue weighted by atomic mass is 10.2. The first-order chi connectivity index (χ1) is 12.0. The highest BCUT2D eigenvalue weighted by atomic mass is 32.2. The molecule has 1 N–H and O–H groups in total. The SMILES string of the molecule is Cc1ccc(SCCNS(=O)(=O)c2ccc3c(c2)OCCCO3)cc1. The van der Waals surface area contributed by atoms with Gasteiger partial charge < -0.3 is 9.47 Å². The Morgan fingerprint density at radius 2 is 1.76 bits per heavy atom. The fourth-order valence-corrected chi connectivity index (χ4v) is 4.32. The Morgan fingerprint density at radius 1 is 1.04 bits per heavy atom. The fraction of sp³-hybridized carbons (Fsp3) is 0.333. The number of ether oxygens (including phenoxy) is 2. The van der Waals surface area contributed by atoms with Gasteiger partial charge >= 0.3 is 0 Å². The van der Waals surface area contributed by atoms with Gasteiger partial charge in [0, 0.05) is 29.7 Å². The summed E-state index contributed by atoms with van der Waals surface area (Å²) >= 11 is 1.62. The molecule has 25 heavy (non-hydrogen) atoms. The van der Waals surface area contributed by atoms with Crippen molar-refractivity contribution in [1.29, 1.82) is 0 Å². The molecule has 0 amide bonds. The van der Waals surface area contributed by atoms with Crippen LogP contribution in [0.1, 0.15) is 12.0 Å². The molecule has 2 aromatic rings. The van der Waals surface area contributed by atoms with E-state index in [9.17, 15) is 8.42 Å². The summed E-state index contributed by atoms with van der Waals surface area (Å²) < 4.78 is 38.6. The topological polar surface area (TPSA) is 64.6 Å². The van der Waals surface area contributed by atoms with Crippen LogP contribution in [0.15, 0.2) is 52.3 Å². The summed E-state index contributed by atoms with van der Waals surface area (Å²) in [5, 5.41) is 0. The largest absolute Gasteiger partial charge is 0.490 e. The van der Waals surface area contributed by atoms with Crippen molar-refractivity contribution >= 4 is 21.8 Å². The predicted octanol–water partition coefficient (Wildman–Crippen LogP) is 3.23. The number of sulfonamides is 1. The van der Waals surface area contributed by atoms with E-state index < -0.39 is 10.0 Å². The molecule has 3 rings (SSSR count). The van der Waals surface area contributed by atoms with E-state index in [-0.39, 0.29) is 4.90 Å². The van der Waals surface area contributed by atoms with Gasteiger partial charge in [-0.1, -0.05) is 17.7 Å². The zero-order chi connectivity index (χ0) is 17.7. The third-order valence-corrected chi connectivity index (χ3v) is 6.19. The van der Waals surface area contributed by atoms with Crippen molar-refractivity contribution < 1.29 is 17.9 Å². The molecule has 0 aromatic heterocycles. The minimum absolute atomic E-state index is 0.192. The summed E-state index contributed by atoms with van der Waals surface area (Å²) in [5.74, 6) is 1.73. The van der Waals surface area contributed by atoms with Crippen LogP contribution in [0, 0.1) is 6.92 Å². The molecule has 0 saturated carbocycles. The zero-order valence-electron chi connectivity index (χ0n) is 14.0. The van der Waals surface area contributed by atoms with E-state index in [0.29, 0.717) is 37.0 Å². The van der Waals surface area contributed by atoms with Crippen LogP contribution in [-0.2, 0) is 10.0 Å². The molecule has 0 atom stereocenters. The molecule has 1 aliphatic heterocycles. The van der Waals surface area contributed by atoms with Gasteiger partial charge in [-0.25, -0.2) is 13.1 Å². The smallest absolute Gasteiger partial charge is 0.240 e. The Morgan fingerprint density at radius 3 is 2.52 bits per heavy atom. The summed E-state index contributed by atoms with van der Waals surface area (Å²) in [7, 11) is -3.57. The van der Waals surface area contributed by atoms with Crippen LogP contribution in [0.2, 0.25) is 0 Å². The molecular formula is C18H21NO4S2. The Hall–Kier alpha value is -1.70. The van der Waals surface area contributed by atoms with E-state index in [1.807, 2.05) is 31.2 Å². The molecule has 2 aromatic carbocycles. The van der Waals surface area contributed by atoms with E-state index in [4.69, 9.17) is 9.47 Å². The van der Waals surface area contributed by atoms with Crippen LogP contribution >= 0.6 is 11.8 Å². The molecule has 0 fully saturated rings. The van der Waals surface area contributed by atoms with E-state index in [1.165, 1.54) is 11.6 Å². The molecule has 5 nitrogen and oxygen atoms in total. The maximum atomic E-state index is 12.4. The van der Waals surface area contributed by atoms with Gasteiger partial charge in [-0.2, -0.15) is 0 Å². The van der Waals surface area contributed by atoms with E-state index in [0.717, 1.165) is 11.3 Å². The summed E-state index contributed by atoms with van der Waals surface area (Å²) in [5.41, 5.74) is 1.21. The second-order valence-electron chi connectivity index (χ2n) is 5.72. The number of hydrogen-bond donors (Lipinski definition) is 1. The number of fused-ring (bicyclic) bond motifs is 1. The number of nitrogens with one attached hydrogen (secondary N) is 1. The van der Waals surface area contributed by atoms with Crippen molar-refractivity contribution in [2.24, 2.45) is 0 Å². The average Bonchev–Trinajstić information content (AvgIpc) is 2.85. The highest BCUT2D eigenvalue weighted by molar-refractivity contribution is 7.99. The number of thioether (sulfide) groups is 1. The molecule has 7 heteroatoms. The van der Waals surface area contributed by atoms with Gasteiger partial charge in [-0.3, -0.25) is 0 Å². The normalized spacial score (nSPS) is 14.1. The van der Waals surface area contributed by atoms with Crippen molar-refractivity contribution in [2.75, 3.05) is 25.5 Å². The van der Waals surface area contributed by atoms with Crippen LogP contribution in [-0.4, -0.2) is 33.9 Å². The molecule has 0 spiro atoms. The van der Waals surface area contributed by atoms with Gasteiger partial charge in [-0.05, 0) is 31.2 Å². The van der Waals surface area contributed by atoms with Crippen LogP contribution in [0.5, 0.6) is 11.5 Å². The average molecular weight is 380 g/mol. The predicted molar refractivity (Wildman–Crippen MR) is 99.1 cm³/mol. The lowest BCUT2D eigenvalue weighted by Gasteiger charge is -2.11. The van der Waals surface area contributed by atoms with Gasteiger partial charge in [0.05, 0.1) is 18.1 Å². The number of rotatable bonds is 6. The lowest BCUT2D eigenvalue weighted by molar-refractivity contribution is 0.297. The van der Waals surface area contributed by atoms with Crippen LogP contribution in [0.4, 0.5) is 0 Å². The third kappa shape index (κ3) is 4.90. The standard InChI is InChI=1S/C18H21NO4S2/c1-14-3-5-15(6-4-14)24-12-9-19-25(20,21)16-7-8-17-18(13-16)23-11-2-10-22-17/h3-8,13,19H,2,9-12H2,1H3. The zero-order valence-corrected chi connectivity index (χ0v) is 15.7. The minimum atomic E-state index is -3.57. The van der Waals surface area contributed by atoms with E-state index in [1.54, 1.807) is 23.9 Å². The summed E-state index contributed by atoms with van der Waals surface area (Å²) in [6.07, 6.45) is 0.783. The minimum Gasteiger partial charge on any atom is -0.490 e. The van der Waals surface area contributed by atoms with Gasteiger partial charge in [0.1, 0.15) is 0 Å². The third-order valence-electron chi connectivity index (χ3n) is 3.71. The monoisotopic (exact) mass is 379 g/mol. The van der Waals surface area contributed by atoms with Gasteiger partial charge in [0.2, 0.25) is 10.0 Å². The first-order valence-electron chi connectivity index (χ1n) is 8.13. The Labute approximate surface area is 152 Å². The number of benzene rings is 2. The van der Waals surface area contributed by atoms with Crippen molar-refractivity contribution in [1.82, 2.24) is 4.72 Å².